The van der Waals surface area contributed by atoms with Crippen molar-refractivity contribution in [1.29, 1.82) is 0 Å². The van der Waals surface area contributed by atoms with Crippen molar-refractivity contribution >= 4 is 30.2 Å². The van der Waals surface area contributed by atoms with Crippen LogP contribution in [-0.2, 0) is 10.4 Å². The van der Waals surface area contributed by atoms with Crippen LogP contribution in [0.15, 0.2) is 0 Å². The summed E-state index contributed by atoms with van der Waals surface area (Å²) in [6, 6.07) is 0. The van der Waals surface area contributed by atoms with Gasteiger partial charge in [-0.15, -0.1) is 0 Å². The minimum atomic E-state index is -4.67. The van der Waals surface area contributed by atoms with Gasteiger partial charge in [0.2, 0.25) is 0 Å². The molecule has 4 nitrogen and oxygen atoms in total. The van der Waals surface area contributed by atoms with Crippen molar-refractivity contribution in [2.45, 2.75) is 14.8 Å². The fourth-order valence-electron chi connectivity index (χ4n) is 0. The number of hydrogen-bond donors (Lipinski definition) is 2. The minimum absolute atomic E-state index is 0.637. The van der Waals surface area contributed by atoms with E-state index in [0.29, 0.717) is 0 Å². The van der Waals surface area contributed by atoms with Gasteiger partial charge in [-0.1, -0.05) is 0 Å². The first-order chi connectivity index (χ1) is 3.73. The normalized spacial score (nSPS) is 10.4. The van der Waals surface area contributed by atoms with Crippen LogP contribution in [0.3, 0.4) is 0 Å². The summed E-state index contributed by atoms with van der Waals surface area (Å²) < 4.78 is 31.6. The van der Waals surface area contributed by atoms with Crippen LogP contribution in [0.25, 0.3) is 0 Å². The molecule has 0 unspecified atom stereocenters. The Labute approximate surface area is 62.6 Å². The molecule has 0 heterocycles. The average Bonchev–Trinajstić information content (AvgIpc) is 1.19. The maximum absolute atomic E-state index is 8.74. The monoisotopic (exact) mass is 264 g/mol. The van der Waals surface area contributed by atoms with Gasteiger partial charge in [0.25, 0.3) is 0 Å². The molecule has 0 aliphatic carbocycles. The van der Waals surface area contributed by atoms with Gasteiger partial charge in [0.15, 0.2) is 0 Å². The van der Waals surface area contributed by atoms with Gasteiger partial charge in [-0.3, -0.25) is 9.11 Å². The van der Waals surface area contributed by atoms with Gasteiger partial charge >= 0.3 is 45.0 Å². The number of rotatable bonds is 0. The number of hydrogen-bond acceptors (Lipinski definition) is 2. The zero-order valence-corrected chi connectivity index (χ0v) is 9.81. The zero-order chi connectivity index (χ0) is 8.08. The Morgan fingerprint density at radius 3 is 1.11 bits per heavy atom. The van der Waals surface area contributed by atoms with Gasteiger partial charge in [-0.2, -0.15) is 8.42 Å². The van der Waals surface area contributed by atoms with Gasteiger partial charge in [0, 0.05) is 0 Å². The molecule has 2 N–H and O–H groups in total. The Balaban J connectivity index is 0. The second-order valence-electron chi connectivity index (χ2n) is 2.18. The fourth-order valence-corrected chi connectivity index (χ4v) is 0. The van der Waals surface area contributed by atoms with E-state index >= 15 is 0 Å². The van der Waals surface area contributed by atoms with Crippen molar-refractivity contribution in [2.24, 2.45) is 0 Å². The quantitative estimate of drug-likeness (QED) is 0.491. The molecule has 0 aliphatic heterocycles. The molecule has 0 aromatic rings. The second kappa shape index (κ2) is 5.45. The molecule has 6 heteroatoms. The molecule has 9 heavy (non-hydrogen) atoms. The predicted octanol–water partition coefficient (Wildman–Crippen LogP) is 0.450. The van der Waals surface area contributed by atoms with E-state index in [2.05, 4.69) is 14.8 Å². The van der Waals surface area contributed by atoms with Crippen LogP contribution >= 0.6 is 0 Å². The molecule has 0 saturated carbocycles. The summed E-state index contributed by atoms with van der Waals surface area (Å²) >= 11 is -0.637. The first-order valence-electron chi connectivity index (χ1n) is 2.43. The van der Waals surface area contributed by atoms with Crippen LogP contribution < -0.4 is 0 Å². The molecule has 0 atom stereocenters. The summed E-state index contributed by atoms with van der Waals surface area (Å²) in [5, 5.41) is 0. The van der Waals surface area contributed by atoms with Crippen LogP contribution in [0.5, 0.6) is 0 Å². The van der Waals surface area contributed by atoms with Gasteiger partial charge in [0.05, 0.1) is 0 Å². The van der Waals surface area contributed by atoms with Crippen molar-refractivity contribution < 1.29 is 17.5 Å². The van der Waals surface area contributed by atoms with E-state index in [1.54, 1.807) is 0 Å². The van der Waals surface area contributed by atoms with E-state index in [1.165, 1.54) is 0 Å². The first-order valence-corrected chi connectivity index (χ1v) is 13.7. The Bertz CT molecular complexity index is 127. The Morgan fingerprint density at radius 1 is 1.11 bits per heavy atom. The van der Waals surface area contributed by atoms with Crippen LogP contribution in [-0.4, -0.2) is 37.3 Å². The Kier molecular flexibility index (Phi) is 7.49. The predicted molar refractivity (Wildman–Crippen MR) is 38.9 cm³/mol. The summed E-state index contributed by atoms with van der Waals surface area (Å²) in [4.78, 5) is 7.13. The van der Waals surface area contributed by atoms with E-state index < -0.39 is 30.2 Å². The van der Waals surface area contributed by atoms with E-state index in [4.69, 9.17) is 17.5 Å². The molecule has 0 spiro atoms. The van der Waals surface area contributed by atoms with Crippen molar-refractivity contribution in [3.63, 3.8) is 0 Å². The van der Waals surface area contributed by atoms with E-state index in [0.717, 1.165) is 0 Å². The van der Waals surface area contributed by atoms with Crippen molar-refractivity contribution in [1.82, 2.24) is 0 Å². The Morgan fingerprint density at radius 2 is 1.11 bits per heavy atom. The molecule has 0 fully saturated rings. The van der Waals surface area contributed by atoms with E-state index in [9.17, 15) is 0 Å². The van der Waals surface area contributed by atoms with Gasteiger partial charge < -0.3 is 0 Å². The third kappa shape index (κ3) is 862. The zero-order valence-electron chi connectivity index (χ0n) is 5.70. The summed E-state index contributed by atoms with van der Waals surface area (Å²) in [5.74, 6) is 0. The molecule has 0 bridgehead atoms. The molecular formula is C3H12O4SSn. The molecule has 0 aromatic heterocycles. The van der Waals surface area contributed by atoms with E-state index in [1.807, 2.05) is 0 Å². The van der Waals surface area contributed by atoms with Crippen LogP contribution in [0.4, 0.5) is 0 Å². The molecule has 0 radical (unpaired) electrons. The molecule has 0 aromatic carbocycles. The standard InChI is InChI=1S/3CH3.H2O4S.Sn.H/c;;;1-5(2,3)4;;/h3*1H3;(H2,1,2,3,4);;. The fraction of sp³-hybridized carbons (Fsp3) is 1.00. The van der Waals surface area contributed by atoms with Crippen LogP contribution in [0, 0.1) is 0 Å². The molecule has 0 aliphatic rings. The summed E-state index contributed by atoms with van der Waals surface area (Å²) in [5.41, 5.74) is 0. The summed E-state index contributed by atoms with van der Waals surface area (Å²) in [6.07, 6.45) is 0. The van der Waals surface area contributed by atoms with Crippen molar-refractivity contribution in [3.8, 4) is 0 Å². The average molecular weight is 263 g/mol. The molecular weight excluding hydrogens is 251 g/mol. The summed E-state index contributed by atoms with van der Waals surface area (Å²) in [7, 11) is -4.67. The van der Waals surface area contributed by atoms with Crippen molar-refractivity contribution in [2.75, 3.05) is 0 Å². The van der Waals surface area contributed by atoms with Crippen LogP contribution in [0.2, 0.25) is 14.8 Å². The van der Waals surface area contributed by atoms with Gasteiger partial charge in [-0.25, -0.2) is 0 Å². The molecule has 0 rings (SSSR count). The van der Waals surface area contributed by atoms with E-state index in [-0.39, 0.29) is 0 Å². The Hall–Kier alpha value is 0.669. The molecule has 0 amide bonds. The molecule has 58 valence electrons. The molecule has 0 saturated heterocycles. The topological polar surface area (TPSA) is 74.6 Å². The third-order valence-corrected chi connectivity index (χ3v) is 0. The van der Waals surface area contributed by atoms with Gasteiger partial charge in [0.1, 0.15) is 0 Å². The maximum atomic E-state index is 8.74. The van der Waals surface area contributed by atoms with Crippen molar-refractivity contribution in [3.05, 3.63) is 0 Å². The van der Waals surface area contributed by atoms with Gasteiger partial charge in [-0.05, 0) is 0 Å². The SMILES string of the molecule is O=S(=O)(O)O.[CH3][SnH]([CH3])[CH3]. The first kappa shape index (κ1) is 12.4. The second-order valence-corrected chi connectivity index (χ2v) is 13.0. The summed E-state index contributed by atoms with van der Waals surface area (Å²) in [6.45, 7) is 0. The van der Waals surface area contributed by atoms with Crippen LogP contribution in [0.1, 0.15) is 0 Å². The third-order valence-electron chi connectivity index (χ3n) is 0.